The van der Waals surface area contributed by atoms with Crippen LogP contribution in [0.2, 0.25) is 0 Å². The van der Waals surface area contributed by atoms with Gasteiger partial charge in [-0.1, -0.05) is 0 Å². The van der Waals surface area contributed by atoms with Gasteiger partial charge in [0.05, 0.1) is 22.8 Å². The van der Waals surface area contributed by atoms with E-state index >= 15 is 0 Å². The maximum atomic E-state index is 12.8. The third kappa shape index (κ3) is 2.56. The van der Waals surface area contributed by atoms with Crippen LogP contribution in [-0.2, 0) is 19.6 Å². The summed E-state index contributed by atoms with van der Waals surface area (Å²) < 4.78 is 31.6. The molecule has 1 aromatic rings. The lowest BCUT2D eigenvalue weighted by atomic mass is 9.73. The van der Waals surface area contributed by atoms with Crippen LogP contribution in [0.1, 0.15) is 0 Å². The lowest BCUT2D eigenvalue weighted by Crippen LogP contribution is -2.59. The van der Waals surface area contributed by atoms with Gasteiger partial charge in [0, 0.05) is 43.7 Å². The quantitative estimate of drug-likeness (QED) is 0.458. The number of nitrogens with one attached hydrogen (secondary N) is 1. The Balaban J connectivity index is 1.88. The molecule has 24 heavy (non-hydrogen) atoms. The Hall–Kier alpha value is -2.04. The van der Waals surface area contributed by atoms with Gasteiger partial charge < -0.3 is 10.1 Å². The minimum atomic E-state index is -3.83. The van der Waals surface area contributed by atoms with E-state index in [0.29, 0.717) is 13.1 Å². The van der Waals surface area contributed by atoms with Crippen molar-refractivity contribution in [3.05, 3.63) is 34.4 Å². The minimum Gasteiger partial charge on any atom is -0.469 e. The molecule has 9 nitrogen and oxygen atoms in total. The highest BCUT2D eigenvalue weighted by molar-refractivity contribution is 7.89. The molecule has 1 spiro atoms. The zero-order valence-electron chi connectivity index (χ0n) is 13.0. The van der Waals surface area contributed by atoms with Crippen molar-refractivity contribution in [1.29, 1.82) is 0 Å². The molecule has 2 heterocycles. The lowest BCUT2D eigenvalue weighted by molar-refractivity contribution is -0.384. The molecular weight excluding hydrogens is 338 g/mol. The molecule has 2 saturated heterocycles. The number of nitro benzene ring substituents is 1. The zero-order valence-corrected chi connectivity index (χ0v) is 13.8. The number of rotatable bonds is 4. The summed E-state index contributed by atoms with van der Waals surface area (Å²) in [5.74, 6) is -0.936. The van der Waals surface area contributed by atoms with E-state index in [0.717, 1.165) is 12.1 Å². The summed E-state index contributed by atoms with van der Waals surface area (Å²) in [5.41, 5.74) is -0.622. The molecule has 3 rings (SSSR count). The molecule has 2 fully saturated rings. The number of benzene rings is 1. The van der Waals surface area contributed by atoms with Crippen molar-refractivity contribution in [3.8, 4) is 0 Å². The topological polar surface area (TPSA) is 119 Å². The van der Waals surface area contributed by atoms with E-state index in [9.17, 15) is 23.3 Å². The Kier molecular flexibility index (Phi) is 4.06. The molecule has 0 bridgehead atoms. The summed E-state index contributed by atoms with van der Waals surface area (Å²) in [6, 6.07) is 4.73. The summed E-state index contributed by atoms with van der Waals surface area (Å²) in [7, 11) is -2.54. The third-order valence-corrected chi connectivity index (χ3v) is 6.57. The highest BCUT2D eigenvalue weighted by Gasteiger charge is 2.56. The minimum absolute atomic E-state index is 0.0268. The summed E-state index contributed by atoms with van der Waals surface area (Å²) in [4.78, 5) is 22.1. The number of esters is 1. The van der Waals surface area contributed by atoms with Gasteiger partial charge >= 0.3 is 5.97 Å². The van der Waals surface area contributed by atoms with Crippen LogP contribution < -0.4 is 5.32 Å². The molecule has 1 atom stereocenters. The molecule has 130 valence electrons. The summed E-state index contributed by atoms with van der Waals surface area (Å²) in [6.07, 6.45) is 0. The maximum Gasteiger partial charge on any atom is 0.310 e. The predicted molar refractivity (Wildman–Crippen MR) is 82.7 cm³/mol. The molecule has 2 aliphatic rings. The summed E-state index contributed by atoms with van der Waals surface area (Å²) in [6.45, 7) is 1.38. The SMILES string of the molecule is COC(=O)C1CN(S(=O)(=O)c2ccc([N+](=O)[O-])cc2)CC12CNC2. The second-order valence-electron chi connectivity index (χ2n) is 6.09. The molecule has 0 aromatic heterocycles. The Bertz CT molecular complexity index is 772. The van der Waals surface area contributed by atoms with Crippen LogP contribution in [0.25, 0.3) is 0 Å². The van der Waals surface area contributed by atoms with Gasteiger partial charge in [-0.05, 0) is 12.1 Å². The maximum absolute atomic E-state index is 12.8. The van der Waals surface area contributed by atoms with Crippen molar-refractivity contribution in [2.45, 2.75) is 4.90 Å². The zero-order chi connectivity index (χ0) is 17.5. The normalized spacial score (nSPS) is 23.0. The summed E-state index contributed by atoms with van der Waals surface area (Å²) in [5, 5.41) is 13.8. The van der Waals surface area contributed by atoms with Gasteiger partial charge in [-0.15, -0.1) is 0 Å². The second kappa shape index (κ2) is 5.80. The van der Waals surface area contributed by atoms with Gasteiger partial charge in [-0.3, -0.25) is 14.9 Å². The van der Waals surface area contributed by atoms with Crippen molar-refractivity contribution < 1.29 is 22.9 Å². The first-order chi connectivity index (χ1) is 11.3. The molecule has 1 aromatic carbocycles. The first kappa shape index (κ1) is 16.8. The summed E-state index contributed by atoms with van der Waals surface area (Å²) >= 11 is 0. The van der Waals surface area contributed by atoms with E-state index in [1.54, 1.807) is 0 Å². The fourth-order valence-corrected chi connectivity index (χ4v) is 4.82. The van der Waals surface area contributed by atoms with Crippen LogP contribution in [0, 0.1) is 21.4 Å². The fraction of sp³-hybridized carbons (Fsp3) is 0.500. The van der Waals surface area contributed by atoms with Crippen LogP contribution in [0.3, 0.4) is 0 Å². The van der Waals surface area contributed by atoms with Gasteiger partial charge in [0.15, 0.2) is 0 Å². The molecule has 1 unspecified atom stereocenters. The average molecular weight is 355 g/mol. The number of nitro groups is 1. The van der Waals surface area contributed by atoms with Crippen LogP contribution in [0.15, 0.2) is 29.2 Å². The van der Waals surface area contributed by atoms with E-state index in [1.807, 2.05) is 0 Å². The molecule has 0 aliphatic carbocycles. The second-order valence-corrected chi connectivity index (χ2v) is 8.03. The Morgan fingerprint density at radius 1 is 1.38 bits per heavy atom. The molecule has 0 saturated carbocycles. The monoisotopic (exact) mass is 355 g/mol. The lowest BCUT2D eigenvalue weighted by Gasteiger charge is -2.42. The number of ether oxygens (including phenoxy) is 1. The highest BCUT2D eigenvalue weighted by atomic mass is 32.2. The number of methoxy groups -OCH3 is 1. The molecule has 2 aliphatic heterocycles. The van der Waals surface area contributed by atoms with E-state index in [2.05, 4.69) is 5.32 Å². The molecule has 0 amide bonds. The molecule has 0 radical (unpaired) electrons. The Labute approximate surface area is 138 Å². The largest absolute Gasteiger partial charge is 0.469 e. The van der Waals surface area contributed by atoms with E-state index < -0.39 is 32.2 Å². The van der Waals surface area contributed by atoms with Crippen molar-refractivity contribution >= 4 is 21.7 Å². The van der Waals surface area contributed by atoms with E-state index in [4.69, 9.17) is 4.74 Å². The van der Waals surface area contributed by atoms with Crippen molar-refractivity contribution in [2.75, 3.05) is 33.3 Å². The fourth-order valence-electron chi connectivity index (χ4n) is 3.27. The van der Waals surface area contributed by atoms with Crippen molar-refractivity contribution in [2.24, 2.45) is 11.3 Å². The number of sulfonamides is 1. The smallest absolute Gasteiger partial charge is 0.310 e. The van der Waals surface area contributed by atoms with Crippen LogP contribution in [-0.4, -0.2) is 56.9 Å². The van der Waals surface area contributed by atoms with E-state index in [1.165, 1.54) is 23.5 Å². The highest BCUT2D eigenvalue weighted by Crippen LogP contribution is 2.42. The predicted octanol–water partition coefficient (Wildman–Crippen LogP) is -0.0221. The number of nitrogens with zero attached hydrogens (tertiary/aromatic N) is 2. The van der Waals surface area contributed by atoms with Gasteiger partial charge in [0.2, 0.25) is 10.0 Å². The number of hydrogen-bond acceptors (Lipinski definition) is 7. The van der Waals surface area contributed by atoms with E-state index in [-0.39, 0.29) is 23.7 Å². The molecule has 10 heteroatoms. The Morgan fingerprint density at radius 2 is 2.00 bits per heavy atom. The first-order valence-electron chi connectivity index (χ1n) is 7.33. The number of non-ortho nitro benzene ring substituents is 1. The van der Waals surface area contributed by atoms with Crippen LogP contribution in [0.4, 0.5) is 5.69 Å². The first-order valence-corrected chi connectivity index (χ1v) is 8.77. The van der Waals surface area contributed by atoms with Gasteiger partial charge in [-0.2, -0.15) is 4.31 Å². The average Bonchev–Trinajstić information content (AvgIpc) is 2.96. The van der Waals surface area contributed by atoms with Crippen molar-refractivity contribution in [3.63, 3.8) is 0 Å². The Morgan fingerprint density at radius 3 is 2.46 bits per heavy atom. The van der Waals surface area contributed by atoms with Crippen LogP contribution in [0.5, 0.6) is 0 Å². The van der Waals surface area contributed by atoms with Crippen LogP contribution >= 0.6 is 0 Å². The van der Waals surface area contributed by atoms with Crippen molar-refractivity contribution in [1.82, 2.24) is 9.62 Å². The molecular formula is C14H17N3O6S. The van der Waals surface area contributed by atoms with Gasteiger partial charge in [-0.25, -0.2) is 8.42 Å². The molecule has 1 N–H and O–H groups in total. The van der Waals surface area contributed by atoms with Gasteiger partial charge in [0.25, 0.3) is 5.69 Å². The van der Waals surface area contributed by atoms with Gasteiger partial charge in [0.1, 0.15) is 0 Å². The number of carbonyl (C=O) groups excluding carboxylic acids is 1. The number of hydrogen-bond donors (Lipinski definition) is 1. The number of carbonyl (C=O) groups is 1. The standard InChI is InChI=1S/C14H17N3O6S/c1-23-13(18)12-6-16(9-14(12)7-15-8-14)24(21,22)11-4-2-10(3-5-11)17(19)20/h2-5,12,15H,6-9H2,1H3. The third-order valence-electron chi connectivity index (χ3n) is 4.74.